The zero-order valence-electron chi connectivity index (χ0n) is 24.7. The SMILES string of the molecule is C=CC(=O)N1CCN2C(=N)c3c(Nc4c(C)ccnc4C(C)O)nc(-c4c(C)ccc(N)c4C=N)c(F)c3N(C)CC2C1. The van der Waals surface area contributed by atoms with Gasteiger partial charge in [0.1, 0.15) is 17.3 Å². The summed E-state index contributed by atoms with van der Waals surface area (Å²) in [7, 11) is 1.75. The van der Waals surface area contributed by atoms with Gasteiger partial charge in [0.15, 0.2) is 5.82 Å². The van der Waals surface area contributed by atoms with Crippen LogP contribution in [0.1, 0.15) is 41.0 Å². The molecule has 0 radical (unpaired) electrons. The minimum atomic E-state index is -0.913. The summed E-state index contributed by atoms with van der Waals surface area (Å²) >= 11 is 0. The molecule has 4 heterocycles. The molecule has 0 saturated carbocycles. The van der Waals surface area contributed by atoms with Gasteiger partial charge in [-0.3, -0.25) is 15.2 Å². The molecular formula is C31H36FN9O2. The Morgan fingerprint density at radius 3 is 2.65 bits per heavy atom. The Hall–Kier alpha value is -4.84. The van der Waals surface area contributed by atoms with E-state index in [1.807, 2.05) is 11.8 Å². The van der Waals surface area contributed by atoms with E-state index in [2.05, 4.69) is 16.9 Å². The number of nitrogen functional groups attached to an aromatic ring is 1. The third kappa shape index (κ3) is 5.07. The number of halogens is 1. The number of amidine groups is 1. The molecule has 0 aliphatic carbocycles. The topological polar surface area (TPSA) is 159 Å². The number of aliphatic hydroxyl groups excluding tert-OH is 1. The number of fused-ring (bicyclic) bond motifs is 2. The Kier molecular flexibility index (Phi) is 7.89. The Bertz CT molecular complexity index is 1650. The van der Waals surface area contributed by atoms with Crippen molar-refractivity contribution < 1.29 is 14.3 Å². The fourth-order valence-electron chi connectivity index (χ4n) is 5.97. The second kappa shape index (κ2) is 11.4. The number of nitrogens with zero attached hydrogens (tertiary/aromatic N) is 5. The molecule has 3 aromatic rings. The van der Waals surface area contributed by atoms with E-state index in [0.717, 1.165) is 11.8 Å². The maximum atomic E-state index is 16.9. The van der Waals surface area contributed by atoms with E-state index < -0.39 is 11.9 Å². The molecular weight excluding hydrogens is 549 g/mol. The monoisotopic (exact) mass is 585 g/mol. The first kappa shape index (κ1) is 29.6. The molecule has 2 unspecified atom stereocenters. The molecule has 0 spiro atoms. The van der Waals surface area contributed by atoms with E-state index >= 15 is 4.39 Å². The largest absolute Gasteiger partial charge is 0.398 e. The minimum absolute atomic E-state index is 0.0207. The number of nitrogens with one attached hydrogen (secondary N) is 3. The molecule has 224 valence electrons. The second-order valence-corrected chi connectivity index (χ2v) is 11.0. The average Bonchev–Trinajstić information content (AvgIpc) is 3.09. The summed E-state index contributed by atoms with van der Waals surface area (Å²) < 4.78 is 16.9. The van der Waals surface area contributed by atoms with Gasteiger partial charge in [-0.15, -0.1) is 0 Å². The molecule has 1 aromatic carbocycles. The van der Waals surface area contributed by atoms with E-state index in [1.54, 1.807) is 55.1 Å². The van der Waals surface area contributed by atoms with Gasteiger partial charge in [0.05, 0.1) is 34.8 Å². The summed E-state index contributed by atoms with van der Waals surface area (Å²) in [6, 6.07) is 4.92. The molecule has 2 aliphatic heterocycles. The lowest BCUT2D eigenvalue weighted by Gasteiger charge is -2.42. The Morgan fingerprint density at radius 2 is 1.98 bits per heavy atom. The zero-order chi connectivity index (χ0) is 31.2. The highest BCUT2D eigenvalue weighted by atomic mass is 19.1. The molecule has 2 aliphatic rings. The first-order chi connectivity index (χ1) is 20.5. The van der Waals surface area contributed by atoms with Crippen LogP contribution in [0.3, 0.4) is 0 Å². The van der Waals surface area contributed by atoms with Crippen LogP contribution < -0.4 is 16.0 Å². The normalized spacial score (nSPS) is 17.1. The maximum absolute atomic E-state index is 16.9. The van der Waals surface area contributed by atoms with E-state index in [9.17, 15) is 15.3 Å². The van der Waals surface area contributed by atoms with Gasteiger partial charge in [0.25, 0.3) is 0 Å². The molecule has 11 nitrogen and oxygen atoms in total. The van der Waals surface area contributed by atoms with Gasteiger partial charge in [-0.1, -0.05) is 12.6 Å². The average molecular weight is 586 g/mol. The summed E-state index contributed by atoms with van der Waals surface area (Å²) in [6.07, 6.45) is 3.05. The summed E-state index contributed by atoms with van der Waals surface area (Å²) in [4.78, 5) is 26.9. The number of carbonyl (C=O) groups is 1. The van der Waals surface area contributed by atoms with Crippen LogP contribution in [0.4, 0.5) is 27.3 Å². The maximum Gasteiger partial charge on any atom is 0.246 e. The lowest BCUT2D eigenvalue weighted by molar-refractivity contribution is -0.128. The number of aryl methyl sites for hydroxylation is 2. The third-order valence-corrected chi connectivity index (χ3v) is 8.17. The number of benzene rings is 1. The molecule has 2 atom stereocenters. The highest BCUT2D eigenvalue weighted by Gasteiger charge is 2.39. The number of pyridine rings is 2. The van der Waals surface area contributed by atoms with Crippen LogP contribution in [-0.2, 0) is 4.79 Å². The molecule has 5 rings (SSSR count). The highest BCUT2D eigenvalue weighted by molar-refractivity contribution is 6.09. The van der Waals surface area contributed by atoms with Gasteiger partial charge in [0, 0.05) is 62.5 Å². The number of aliphatic hydroxyl groups is 1. The number of hydrogen-bond acceptors (Lipinski definition) is 9. The number of rotatable bonds is 6. The standard InChI is InChI=1S/C31H36FN9O2/c1-6-22(43)40-11-12-41-19(15-40)14-39(5)29-24(30(41)35)31(37-26-17(3)9-10-36-27(26)18(4)42)38-28(25(29)32)23-16(2)7-8-21(34)20(23)13-33/h6-10,13,18-19,33,35,42H,1,11-12,14-15,34H2,2-5H3,(H,37,38). The summed E-state index contributed by atoms with van der Waals surface area (Å²) in [5.41, 5.74) is 9.95. The van der Waals surface area contributed by atoms with Gasteiger partial charge in [-0.05, 0) is 50.1 Å². The van der Waals surface area contributed by atoms with Gasteiger partial charge in [-0.2, -0.15) is 0 Å². The number of anilines is 4. The van der Waals surface area contributed by atoms with Crippen LogP contribution in [-0.4, -0.2) is 82.1 Å². The predicted molar refractivity (Wildman–Crippen MR) is 167 cm³/mol. The molecule has 2 aromatic heterocycles. The number of aromatic nitrogens is 2. The van der Waals surface area contributed by atoms with Crippen LogP contribution in [0, 0.1) is 30.5 Å². The van der Waals surface area contributed by atoms with Crippen LogP contribution in [0.5, 0.6) is 0 Å². The molecule has 12 heteroatoms. The van der Waals surface area contributed by atoms with Crippen molar-refractivity contribution in [2.24, 2.45) is 0 Å². The van der Waals surface area contributed by atoms with E-state index in [1.165, 1.54) is 6.08 Å². The Balaban J connectivity index is 1.78. The van der Waals surface area contributed by atoms with Crippen LogP contribution >= 0.6 is 0 Å². The van der Waals surface area contributed by atoms with Crippen molar-refractivity contribution >= 4 is 40.8 Å². The predicted octanol–water partition coefficient (Wildman–Crippen LogP) is 3.75. The van der Waals surface area contributed by atoms with Gasteiger partial charge in [-0.25, -0.2) is 9.37 Å². The summed E-state index contributed by atoms with van der Waals surface area (Å²) in [6.45, 7) is 10.3. The molecule has 0 bridgehead atoms. The quantitative estimate of drug-likeness (QED) is 0.166. The van der Waals surface area contributed by atoms with Crippen LogP contribution in [0.15, 0.2) is 37.1 Å². The third-order valence-electron chi connectivity index (χ3n) is 8.17. The molecule has 6 N–H and O–H groups in total. The van der Waals surface area contributed by atoms with Crippen molar-refractivity contribution in [2.75, 3.05) is 49.2 Å². The second-order valence-electron chi connectivity index (χ2n) is 11.0. The zero-order valence-corrected chi connectivity index (χ0v) is 24.7. The van der Waals surface area contributed by atoms with Crippen LogP contribution in [0.25, 0.3) is 11.3 Å². The fraction of sp³-hybridized carbons (Fsp3) is 0.323. The van der Waals surface area contributed by atoms with Crippen molar-refractivity contribution in [2.45, 2.75) is 32.9 Å². The van der Waals surface area contributed by atoms with Crippen LogP contribution in [0.2, 0.25) is 0 Å². The van der Waals surface area contributed by atoms with E-state index in [0.29, 0.717) is 59.9 Å². The molecule has 1 amide bonds. The van der Waals surface area contributed by atoms with Gasteiger partial charge >= 0.3 is 0 Å². The number of likely N-dealkylation sites (N-methyl/N-ethyl adjacent to an activating group) is 1. The van der Waals surface area contributed by atoms with Crippen molar-refractivity contribution in [3.63, 3.8) is 0 Å². The molecule has 43 heavy (non-hydrogen) atoms. The first-order valence-corrected chi connectivity index (χ1v) is 14.0. The van der Waals surface area contributed by atoms with Gasteiger partial charge in [0.2, 0.25) is 5.91 Å². The van der Waals surface area contributed by atoms with E-state index in [-0.39, 0.29) is 40.5 Å². The van der Waals surface area contributed by atoms with Crippen molar-refractivity contribution in [3.8, 4) is 11.3 Å². The number of piperazine rings is 1. The number of amides is 1. The molecule has 1 saturated heterocycles. The number of carbonyl (C=O) groups excluding carboxylic acids is 1. The first-order valence-electron chi connectivity index (χ1n) is 14.0. The number of nitrogens with two attached hydrogens (primary N) is 1. The lowest BCUT2D eigenvalue weighted by atomic mass is 9.95. The Labute approximate surface area is 249 Å². The lowest BCUT2D eigenvalue weighted by Crippen LogP contribution is -2.58. The summed E-state index contributed by atoms with van der Waals surface area (Å²) in [5.74, 6) is -0.583. The fourth-order valence-corrected chi connectivity index (χ4v) is 5.97. The van der Waals surface area contributed by atoms with Crippen molar-refractivity contribution in [1.82, 2.24) is 19.8 Å². The summed E-state index contributed by atoms with van der Waals surface area (Å²) in [5, 5.41) is 31.3. The van der Waals surface area contributed by atoms with E-state index in [4.69, 9.17) is 16.1 Å². The number of hydrogen-bond donors (Lipinski definition) is 5. The minimum Gasteiger partial charge on any atom is -0.398 e. The van der Waals surface area contributed by atoms with Crippen molar-refractivity contribution in [3.05, 3.63) is 70.8 Å². The Morgan fingerprint density at radius 1 is 1.23 bits per heavy atom. The molecule has 1 fully saturated rings. The van der Waals surface area contributed by atoms with Crippen molar-refractivity contribution in [1.29, 1.82) is 10.8 Å². The smallest absolute Gasteiger partial charge is 0.246 e. The highest BCUT2D eigenvalue weighted by Crippen LogP contribution is 2.42. The van der Waals surface area contributed by atoms with Gasteiger partial charge < -0.3 is 36.3 Å².